The van der Waals surface area contributed by atoms with Crippen LogP contribution in [0.1, 0.15) is 23.7 Å². The van der Waals surface area contributed by atoms with Gasteiger partial charge in [0.1, 0.15) is 5.56 Å². The van der Waals surface area contributed by atoms with Gasteiger partial charge in [-0.3, -0.25) is 9.59 Å². The average Bonchev–Trinajstić information content (AvgIpc) is 2.93. The Bertz CT molecular complexity index is 685. The van der Waals surface area contributed by atoms with Crippen molar-refractivity contribution in [2.45, 2.75) is 13.3 Å². The van der Waals surface area contributed by atoms with Gasteiger partial charge in [0.15, 0.2) is 16.3 Å². The molecule has 0 atom stereocenters. The molecule has 0 radical (unpaired) electrons. The molecule has 6 nitrogen and oxygen atoms in total. The molecule has 0 spiro atoms. The van der Waals surface area contributed by atoms with Gasteiger partial charge in [0, 0.05) is 18.7 Å². The summed E-state index contributed by atoms with van der Waals surface area (Å²) < 4.78 is 15.3. The van der Waals surface area contributed by atoms with Crippen LogP contribution in [0.25, 0.3) is 11.2 Å². The SMILES string of the molecule is CC(=O)SCCC(=O)Oc1c2c3oc1cc3C(=O)O2. The summed E-state index contributed by atoms with van der Waals surface area (Å²) >= 11 is 1.05. The molecule has 1 aliphatic rings. The fraction of sp³-hybridized carbons (Fsp3) is 0.250. The zero-order chi connectivity index (χ0) is 13.6. The van der Waals surface area contributed by atoms with Crippen LogP contribution in [0.4, 0.5) is 0 Å². The van der Waals surface area contributed by atoms with Crippen LogP contribution in [0, 0.1) is 0 Å². The van der Waals surface area contributed by atoms with Crippen molar-refractivity contribution < 1.29 is 28.3 Å². The van der Waals surface area contributed by atoms with Gasteiger partial charge in [-0.05, 0) is 0 Å². The highest BCUT2D eigenvalue weighted by Crippen LogP contribution is 2.49. The number of rotatable bonds is 4. The molecule has 7 heteroatoms. The van der Waals surface area contributed by atoms with E-state index in [0.29, 0.717) is 22.5 Å². The second-order valence-electron chi connectivity index (χ2n) is 3.97. The molecule has 0 aliphatic carbocycles. The molecule has 0 amide bonds. The van der Waals surface area contributed by atoms with Gasteiger partial charge >= 0.3 is 11.9 Å². The molecule has 0 unspecified atom stereocenters. The van der Waals surface area contributed by atoms with Crippen molar-refractivity contribution in [1.82, 2.24) is 0 Å². The van der Waals surface area contributed by atoms with E-state index >= 15 is 0 Å². The molecule has 3 rings (SSSR count). The van der Waals surface area contributed by atoms with Crippen LogP contribution in [0.15, 0.2) is 10.5 Å². The monoisotopic (exact) mass is 280 g/mol. The fourth-order valence-corrected chi connectivity index (χ4v) is 2.37. The van der Waals surface area contributed by atoms with Crippen molar-refractivity contribution in [3.05, 3.63) is 11.6 Å². The summed E-state index contributed by atoms with van der Waals surface area (Å²) in [5, 5.41) is -0.0553. The predicted octanol–water partition coefficient (Wildman–Crippen LogP) is 1.98. The van der Waals surface area contributed by atoms with Gasteiger partial charge in [0.25, 0.3) is 0 Å². The molecule has 0 saturated carbocycles. The summed E-state index contributed by atoms with van der Waals surface area (Å²) in [6.07, 6.45) is 0.0914. The van der Waals surface area contributed by atoms with Gasteiger partial charge < -0.3 is 13.9 Å². The summed E-state index contributed by atoms with van der Waals surface area (Å²) in [5.74, 6) is -0.339. The number of fused-ring (bicyclic) bond motifs is 1. The van der Waals surface area contributed by atoms with Gasteiger partial charge in [-0.15, -0.1) is 0 Å². The molecular formula is C12H8O6S. The van der Waals surface area contributed by atoms with Crippen LogP contribution < -0.4 is 9.47 Å². The topological polar surface area (TPSA) is 82.8 Å². The highest BCUT2D eigenvalue weighted by molar-refractivity contribution is 8.13. The third-order valence-corrected chi connectivity index (χ3v) is 3.43. The van der Waals surface area contributed by atoms with Crippen LogP contribution in [0.2, 0.25) is 0 Å². The highest BCUT2D eigenvalue weighted by Gasteiger charge is 2.36. The maximum absolute atomic E-state index is 11.6. The van der Waals surface area contributed by atoms with Crippen molar-refractivity contribution in [2.24, 2.45) is 0 Å². The van der Waals surface area contributed by atoms with Crippen LogP contribution in [0.3, 0.4) is 0 Å². The van der Waals surface area contributed by atoms with Crippen molar-refractivity contribution in [1.29, 1.82) is 0 Å². The molecular weight excluding hydrogens is 272 g/mol. The van der Waals surface area contributed by atoms with E-state index in [1.807, 2.05) is 0 Å². The molecule has 0 fully saturated rings. The molecule has 0 N–H and O–H groups in total. The molecule has 98 valence electrons. The number of carbonyl (C=O) groups is 3. The first kappa shape index (κ1) is 12.0. The van der Waals surface area contributed by atoms with E-state index in [4.69, 9.17) is 13.9 Å². The van der Waals surface area contributed by atoms with Gasteiger partial charge in [-0.2, -0.15) is 0 Å². The maximum Gasteiger partial charge on any atom is 0.347 e. The summed E-state index contributed by atoms with van der Waals surface area (Å²) in [6, 6.07) is 1.49. The molecule has 1 aliphatic heterocycles. The largest absolute Gasteiger partial charge is 0.448 e. The van der Waals surface area contributed by atoms with Gasteiger partial charge in [-0.1, -0.05) is 11.8 Å². The number of carbonyl (C=O) groups excluding carboxylic acids is 3. The highest BCUT2D eigenvalue weighted by atomic mass is 32.2. The minimum atomic E-state index is -0.502. The lowest BCUT2D eigenvalue weighted by Crippen LogP contribution is -2.09. The van der Waals surface area contributed by atoms with Crippen molar-refractivity contribution >= 4 is 40.0 Å². The lowest BCUT2D eigenvalue weighted by Gasteiger charge is -2.02. The molecule has 2 aromatic heterocycles. The van der Waals surface area contributed by atoms with Crippen molar-refractivity contribution in [3.8, 4) is 11.5 Å². The second-order valence-corrected chi connectivity index (χ2v) is 5.24. The van der Waals surface area contributed by atoms with E-state index in [1.165, 1.54) is 13.0 Å². The first-order valence-corrected chi connectivity index (χ1v) is 6.50. The standard InChI is InChI=1S/C12H8O6S/c1-5(13)19-3-2-8(14)17-10-7-4-6-9(16-7)11(10)18-12(6)15/h4H,2-3H2,1H3. The van der Waals surface area contributed by atoms with Crippen LogP contribution in [0.5, 0.6) is 11.5 Å². The Morgan fingerprint density at radius 3 is 2.95 bits per heavy atom. The molecule has 0 aromatic carbocycles. The first-order chi connectivity index (χ1) is 9.06. The van der Waals surface area contributed by atoms with Gasteiger partial charge in [0.2, 0.25) is 11.5 Å². The van der Waals surface area contributed by atoms with Crippen molar-refractivity contribution in [2.75, 3.05) is 5.75 Å². The number of benzene rings is 1. The summed E-state index contributed by atoms with van der Waals surface area (Å²) in [5.41, 5.74) is 0.997. The zero-order valence-corrected chi connectivity index (χ0v) is 10.7. The molecule has 0 saturated heterocycles. The van der Waals surface area contributed by atoms with E-state index in [1.54, 1.807) is 0 Å². The van der Waals surface area contributed by atoms with E-state index < -0.39 is 11.9 Å². The van der Waals surface area contributed by atoms with E-state index in [9.17, 15) is 14.4 Å². The van der Waals surface area contributed by atoms with E-state index in [-0.39, 0.29) is 23.0 Å². The summed E-state index contributed by atoms with van der Waals surface area (Å²) in [6.45, 7) is 1.43. The second kappa shape index (κ2) is 4.27. The summed E-state index contributed by atoms with van der Waals surface area (Å²) in [4.78, 5) is 33.7. The average molecular weight is 280 g/mol. The maximum atomic E-state index is 11.6. The third-order valence-electron chi connectivity index (χ3n) is 2.61. The molecule has 19 heavy (non-hydrogen) atoms. The number of hydrogen-bond acceptors (Lipinski definition) is 7. The number of thioether (sulfide) groups is 1. The van der Waals surface area contributed by atoms with Crippen LogP contribution in [-0.4, -0.2) is 22.8 Å². The smallest absolute Gasteiger partial charge is 0.347 e. The number of esters is 2. The normalized spacial score (nSPS) is 13.0. The lowest BCUT2D eigenvalue weighted by molar-refractivity contribution is -0.133. The Morgan fingerprint density at radius 1 is 1.42 bits per heavy atom. The number of ether oxygens (including phenoxy) is 2. The molecule has 2 aromatic rings. The molecule has 2 bridgehead atoms. The Morgan fingerprint density at radius 2 is 2.21 bits per heavy atom. The van der Waals surface area contributed by atoms with E-state index in [2.05, 4.69) is 0 Å². The molecule has 3 heterocycles. The Balaban J connectivity index is 1.69. The van der Waals surface area contributed by atoms with Crippen LogP contribution >= 0.6 is 11.8 Å². The van der Waals surface area contributed by atoms with E-state index in [0.717, 1.165) is 11.8 Å². The number of furan rings is 2. The Hall–Kier alpha value is -2.02. The fourth-order valence-electron chi connectivity index (χ4n) is 1.82. The minimum Gasteiger partial charge on any atom is -0.448 e. The predicted molar refractivity (Wildman–Crippen MR) is 65.7 cm³/mol. The van der Waals surface area contributed by atoms with Crippen LogP contribution in [-0.2, 0) is 9.59 Å². The Kier molecular flexibility index (Phi) is 2.70. The van der Waals surface area contributed by atoms with Crippen molar-refractivity contribution in [3.63, 3.8) is 0 Å². The van der Waals surface area contributed by atoms with Gasteiger partial charge in [0.05, 0.1) is 6.42 Å². The minimum absolute atomic E-state index is 0.0553. The lowest BCUT2D eigenvalue weighted by atomic mass is 10.2. The third kappa shape index (κ3) is 1.95. The Labute approximate surface area is 111 Å². The first-order valence-electron chi connectivity index (χ1n) is 5.51. The summed E-state index contributed by atoms with van der Waals surface area (Å²) in [7, 11) is 0. The van der Waals surface area contributed by atoms with Gasteiger partial charge in [-0.25, -0.2) is 4.79 Å². The number of hydrogen-bond donors (Lipinski definition) is 0. The quantitative estimate of drug-likeness (QED) is 0.625. The zero-order valence-electron chi connectivity index (χ0n) is 9.85.